The highest BCUT2D eigenvalue weighted by Gasteiger charge is 2.45. The molecule has 4 heteroatoms. The maximum Gasteiger partial charge on any atom is 0.324 e. The van der Waals surface area contributed by atoms with Gasteiger partial charge in [0.15, 0.2) is 0 Å². The largest absolute Gasteiger partial charge is 0.459 e. The van der Waals surface area contributed by atoms with Crippen LogP contribution in [0, 0.1) is 5.92 Å². The first-order valence-corrected chi connectivity index (χ1v) is 8.10. The van der Waals surface area contributed by atoms with E-state index in [4.69, 9.17) is 9.47 Å². The van der Waals surface area contributed by atoms with Gasteiger partial charge in [0, 0.05) is 19.0 Å². The number of ether oxygens (including phenoxy) is 2. The molecular weight excluding hydrogens is 290 g/mol. The van der Waals surface area contributed by atoms with E-state index >= 15 is 0 Å². The van der Waals surface area contributed by atoms with Crippen LogP contribution in [0.4, 0.5) is 0 Å². The third kappa shape index (κ3) is 5.19. The maximum atomic E-state index is 12.4. The van der Waals surface area contributed by atoms with Gasteiger partial charge in [-0.15, -0.1) is 6.58 Å². The van der Waals surface area contributed by atoms with Crippen LogP contribution in [-0.2, 0) is 20.9 Å². The van der Waals surface area contributed by atoms with Crippen LogP contribution < -0.4 is 0 Å². The maximum absolute atomic E-state index is 12.4. The third-order valence-electron chi connectivity index (χ3n) is 3.76. The van der Waals surface area contributed by atoms with Crippen molar-refractivity contribution in [3.8, 4) is 0 Å². The standard InChI is InChI=1S/C19H27NO3/c1-5-11-20-12-16(17(20)18(21)23-19(2,3)4)14-22-13-15-9-7-6-8-10-15/h5-10,16-17H,1,11-14H2,2-4H3/t16-,17+/m0/s1. The van der Waals surface area contributed by atoms with Gasteiger partial charge in [-0.1, -0.05) is 36.4 Å². The monoisotopic (exact) mass is 317 g/mol. The Hall–Kier alpha value is -1.65. The Morgan fingerprint density at radius 2 is 2.04 bits per heavy atom. The molecule has 0 spiro atoms. The molecule has 0 N–H and O–H groups in total. The summed E-state index contributed by atoms with van der Waals surface area (Å²) in [5.41, 5.74) is 0.672. The van der Waals surface area contributed by atoms with Gasteiger partial charge in [0.05, 0.1) is 13.2 Å². The number of hydrogen-bond donors (Lipinski definition) is 0. The molecule has 0 amide bonds. The highest BCUT2D eigenvalue weighted by atomic mass is 16.6. The fourth-order valence-corrected chi connectivity index (χ4v) is 2.78. The van der Waals surface area contributed by atoms with Gasteiger partial charge in [-0.2, -0.15) is 0 Å². The van der Waals surface area contributed by atoms with Crippen molar-refractivity contribution in [2.75, 3.05) is 19.7 Å². The summed E-state index contributed by atoms with van der Waals surface area (Å²) in [6.45, 7) is 12.1. The van der Waals surface area contributed by atoms with Gasteiger partial charge in [0.1, 0.15) is 11.6 Å². The minimum absolute atomic E-state index is 0.168. The van der Waals surface area contributed by atoms with Gasteiger partial charge in [-0.25, -0.2) is 0 Å². The van der Waals surface area contributed by atoms with Crippen molar-refractivity contribution in [2.24, 2.45) is 5.92 Å². The molecule has 0 aromatic heterocycles. The summed E-state index contributed by atoms with van der Waals surface area (Å²) in [4.78, 5) is 14.5. The molecule has 2 rings (SSSR count). The second-order valence-electron chi connectivity index (χ2n) is 6.98. The van der Waals surface area contributed by atoms with Gasteiger partial charge < -0.3 is 9.47 Å². The van der Waals surface area contributed by atoms with E-state index < -0.39 is 5.60 Å². The number of nitrogens with zero attached hydrogens (tertiary/aromatic N) is 1. The second kappa shape index (κ2) is 7.75. The van der Waals surface area contributed by atoms with Crippen LogP contribution in [0.25, 0.3) is 0 Å². The molecule has 1 aliphatic rings. The number of benzene rings is 1. The zero-order valence-corrected chi connectivity index (χ0v) is 14.3. The zero-order valence-electron chi connectivity index (χ0n) is 14.3. The molecule has 1 aromatic rings. The first kappa shape index (κ1) is 17.7. The second-order valence-corrected chi connectivity index (χ2v) is 6.98. The molecule has 0 unspecified atom stereocenters. The minimum atomic E-state index is -0.470. The Morgan fingerprint density at radius 1 is 1.35 bits per heavy atom. The summed E-state index contributed by atoms with van der Waals surface area (Å²) < 4.78 is 11.3. The van der Waals surface area contributed by atoms with E-state index in [9.17, 15) is 4.79 Å². The Balaban J connectivity index is 1.87. The molecule has 0 radical (unpaired) electrons. The van der Waals surface area contributed by atoms with Crippen LogP contribution in [0.3, 0.4) is 0 Å². The van der Waals surface area contributed by atoms with Crippen LogP contribution in [0.1, 0.15) is 26.3 Å². The zero-order chi connectivity index (χ0) is 16.9. The quantitative estimate of drug-likeness (QED) is 0.572. The first-order chi connectivity index (χ1) is 10.9. The predicted octanol–water partition coefficient (Wildman–Crippen LogP) is 3.03. The Bertz CT molecular complexity index is 521. The van der Waals surface area contributed by atoms with Crippen LogP contribution in [-0.4, -0.2) is 42.2 Å². The van der Waals surface area contributed by atoms with Crippen molar-refractivity contribution < 1.29 is 14.3 Å². The molecule has 1 heterocycles. The average molecular weight is 317 g/mol. The molecule has 1 aromatic carbocycles. The van der Waals surface area contributed by atoms with Crippen molar-refractivity contribution in [2.45, 2.75) is 39.0 Å². The number of carbonyl (C=O) groups excluding carboxylic acids is 1. The molecule has 0 aliphatic carbocycles. The third-order valence-corrected chi connectivity index (χ3v) is 3.76. The summed E-state index contributed by atoms with van der Waals surface area (Å²) in [7, 11) is 0. The molecule has 4 nitrogen and oxygen atoms in total. The highest BCUT2D eigenvalue weighted by molar-refractivity contribution is 5.78. The molecular formula is C19H27NO3. The summed E-state index contributed by atoms with van der Waals surface area (Å²) in [5, 5.41) is 0. The number of carbonyl (C=O) groups is 1. The van der Waals surface area contributed by atoms with Crippen LogP contribution in [0.15, 0.2) is 43.0 Å². The van der Waals surface area contributed by atoms with Crippen molar-refractivity contribution in [3.05, 3.63) is 48.6 Å². The number of hydrogen-bond acceptors (Lipinski definition) is 4. The molecule has 23 heavy (non-hydrogen) atoms. The fraction of sp³-hybridized carbons (Fsp3) is 0.526. The lowest BCUT2D eigenvalue weighted by Gasteiger charge is -2.46. The smallest absolute Gasteiger partial charge is 0.324 e. The molecule has 0 bridgehead atoms. The van der Waals surface area contributed by atoms with E-state index in [0.29, 0.717) is 19.8 Å². The molecule has 0 saturated carbocycles. The van der Waals surface area contributed by atoms with E-state index in [1.54, 1.807) is 0 Å². The van der Waals surface area contributed by atoms with Crippen molar-refractivity contribution in [1.82, 2.24) is 4.90 Å². The molecule has 1 saturated heterocycles. The summed E-state index contributed by atoms with van der Waals surface area (Å²) in [5.74, 6) is 0.00687. The normalized spacial score (nSPS) is 21.5. The van der Waals surface area contributed by atoms with Gasteiger partial charge >= 0.3 is 5.97 Å². The van der Waals surface area contributed by atoms with Crippen LogP contribution in [0.5, 0.6) is 0 Å². The molecule has 2 atom stereocenters. The van der Waals surface area contributed by atoms with Crippen LogP contribution in [0.2, 0.25) is 0 Å². The lowest BCUT2D eigenvalue weighted by atomic mass is 9.89. The van der Waals surface area contributed by atoms with Crippen molar-refractivity contribution in [1.29, 1.82) is 0 Å². The number of likely N-dealkylation sites (tertiary alicyclic amines) is 1. The van der Waals surface area contributed by atoms with E-state index in [-0.39, 0.29) is 17.9 Å². The molecule has 1 fully saturated rings. The van der Waals surface area contributed by atoms with Crippen molar-refractivity contribution in [3.63, 3.8) is 0 Å². The number of rotatable bonds is 7. The van der Waals surface area contributed by atoms with Gasteiger partial charge in [-0.05, 0) is 26.3 Å². The topological polar surface area (TPSA) is 38.8 Å². The van der Waals surface area contributed by atoms with E-state index in [1.165, 1.54) is 0 Å². The van der Waals surface area contributed by atoms with Crippen molar-refractivity contribution >= 4 is 5.97 Å². The number of esters is 1. The van der Waals surface area contributed by atoms with Gasteiger partial charge in [0.25, 0.3) is 0 Å². The lowest BCUT2D eigenvalue weighted by molar-refractivity contribution is -0.173. The minimum Gasteiger partial charge on any atom is -0.459 e. The SMILES string of the molecule is C=CCN1C[C@@H](COCc2ccccc2)[C@@H]1C(=O)OC(C)(C)C. The predicted molar refractivity (Wildman–Crippen MR) is 91.0 cm³/mol. The lowest BCUT2D eigenvalue weighted by Crippen LogP contribution is -2.62. The van der Waals surface area contributed by atoms with Gasteiger partial charge in [0.2, 0.25) is 0 Å². The summed E-state index contributed by atoms with van der Waals surface area (Å²) in [6.07, 6.45) is 1.82. The van der Waals surface area contributed by atoms with E-state index in [0.717, 1.165) is 12.1 Å². The fourth-order valence-electron chi connectivity index (χ4n) is 2.78. The Kier molecular flexibility index (Phi) is 5.97. The first-order valence-electron chi connectivity index (χ1n) is 8.10. The Morgan fingerprint density at radius 3 is 2.65 bits per heavy atom. The summed E-state index contributed by atoms with van der Waals surface area (Å²) >= 11 is 0. The molecule has 1 aliphatic heterocycles. The Labute approximate surface area is 139 Å². The van der Waals surface area contributed by atoms with Crippen LogP contribution >= 0.6 is 0 Å². The van der Waals surface area contributed by atoms with E-state index in [2.05, 4.69) is 11.5 Å². The molecule has 126 valence electrons. The van der Waals surface area contributed by atoms with E-state index in [1.807, 2.05) is 57.2 Å². The summed E-state index contributed by atoms with van der Waals surface area (Å²) in [6, 6.07) is 9.82. The van der Waals surface area contributed by atoms with Gasteiger partial charge in [-0.3, -0.25) is 9.69 Å². The highest BCUT2D eigenvalue weighted by Crippen LogP contribution is 2.28. The average Bonchev–Trinajstić information content (AvgIpc) is 2.44.